The summed E-state index contributed by atoms with van der Waals surface area (Å²) in [7, 11) is 0. The average molecular weight is 152 g/mol. The molecule has 0 amide bonds. The summed E-state index contributed by atoms with van der Waals surface area (Å²) in [5.41, 5.74) is 0.678. The van der Waals surface area contributed by atoms with E-state index in [4.69, 9.17) is 4.42 Å². The number of hydrogen-bond acceptors (Lipinski definition) is 3. The molecule has 50 valence electrons. The van der Waals surface area contributed by atoms with Crippen molar-refractivity contribution in [1.82, 2.24) is 0 Å². The van der Waals surface area contributed by atoms with Crippen molar-refractivity contribution in [3.05, 3.63) is 34.0 Å². The Morgan fingerprint density at radius 1 is 1.30 bits per heavy atom. The number of hydrogen-bond donors (Lipinski definition) is 0. The lowest BCUT2D eigenvalue weighted by Gasteiger charge is -1.79. The molecule has 0 radical (unpaired) electrons. The Morgan fingerprint density at radius 3 is 2.90 bits per heavy atom. The summed E-state index contributed by atoms with van der Waals surface area (Å²) in [4.78, 5) is 10.4. The summed E-state index contributed by atoms with van der Waals surface area (Å²) in [6.07, 6.45) is 0. The lowest BCUT2D eigenvalue weighted by molar-refractivity contribution is 0.585. The third-order valence-corrected chi connectivity index (χ3v) is 2.04. The Bertz CT molecular complexity index is 363. The first-order valence-electron chi connectivity index (χ1n) is 2.85. The van der Waals surface area contributed by atoms with Crippen LogP contribution < -0.4 is 4.94 Å². The van der Waals surface area contributed by atoms with Gasteiger partial charge in [0.2, 0.25) is 0 Å². The number of para-hydroxylation sites is 1. The molecule has 0 unspecified atom stereocenters. The highest BCUT2D eigenvalue weighted by atomic mass is 32.1. The van der Waals surface area contributed by atoms with Crippen LogP contribution in [-0.2, 0) is 0 Å². The van der Waals surface area contributed by atoms with Crippen LogP contribution in [0.2, 0.25) is 0 Å². The smallest absolute Gasteiger partial charge is 0.396 e. The second-order valence-corrected chi connectivity index (χ2v) is 2.88. The Balaban J connectivity index is 3.01. The van der Waals surface area contributed by atoms with E-state index in [0.29, 0.717) is 5.58 Å². The normalized spacial score (nSPS) is 10.4. The van der Waals surface area contributed by atoms with E-state index >= 15 is 0 Å². The molecule has 0 fully saturated rings. The van der Waals surface area contributed by atoms with Gasteiger partial charge in [-0.1, -0.05) is 23.5 Å². The Labute approximate surface area is 60.7 Å². The van der Waals surface area contributed by atoms with Gasteiger partial charge in [0.25, 0.3) is 0 Å². The molecule has 0 atom stereocenters. The van der Waals surface area contributed by atoms with Crippen molar-refractivity contribution in [1.29, 1.82) is 0 Å². The molecule has 0 saturated carbocycles. The highest BCUT2D eigenvalue weighted by molar-refractivity contribution is 7.16. The monoisotopic (exact) mass is 152 g/mol. The molecule has 0 N–H and O–H groups in total. The maximum absolute atomic E-state index is 10.6. The second-order valence-electron chi connectivity index (χ2n) is 1.90. The summed E-state index contributed by atoms with van der Waals surface area (Å²) in [6, 6.07) is 7.38. The van der Waals surface area contributed by atoms with Gasteiger partial charge in [-0.15, -0.1) is 0 Å². The molecular formula is C7H4O2S. The van der Waals surface area contributed by atoms with Gasteiger partial charge in [-0.3, -0.25) is 0 Å². The van der Waals surface area contributed by atoms with Crippen LogP contribution in [0.5, 0.6) is 0 Å². The maximum atomic E-state index is 10.6. The zero-order valence-electron chi connectivity index (χ0n) is 5.03. The molecular weight excluding hydrogens is 148 g/mol. The Kier molecular flexibility index (Phi) is 1.11. The summed E-state index contributed by atoms with van der Waals surface area (Å²) in [5, 5.41) is 0. The third kappa shape index (κ3) is 0.752. The topological polar surface area (TPSA) is 30.2 Å². The molecule has 2 aromatic rings. The van der Waals surface area contributed by atoms with E-state index in [0.717, 1.165) is 16.0 Å². The highest BCUT2D eigenvalue weighted by Crippen LogP contribution is 2.14. The van der Waals surface area contributed by atoms with E-state index in [1.807, 2.05) is 18.2 Å². The van der Waals surface area contributed by atoms with Crippen molar-refractivity contribution in [2.75, 3.05) is 0 Å². The summed E-state index contributed by atoms with van der Waals surface area (Å²) in [6.45, 7) is 0. The van der Waals surface area contributed by atoms with E-state index in [1.165, 1.54) is 0 Å². The highest BCUT2D eigenvalue weighted by Gasteiger charge is 1.96. The second kappa shape index (κ2) is 1.95. The van der Waals surface area contributed by atoms with E-state index in [1.54, 1.807) is 6.07 Å². The van der Waals surface area contributed by atoms with Crippen LogP contribution >= 0.6 is 11.3 Å². The third-order valence-electron chi connectivity index (χ3n) is 1.24. The predicted molar refractivity (Wildman–Crippen MR) is 40.4 cm³/mol. The molecule has 0 bridgehead atoms. The molecule has 0 saturated heterocycles. The van der Waals surface area contributed by atoms with Crippen LogP contribution in [-0.4, -0.2) is 0 Å². The van der Waals surface area contributed by atoms with Gasteiger partial charge in [-0.2, -0.15) is 0 Å². The van der Waals surface area contributed by atoms with E-state index in [-0.39, 0.29) is 4.94 Å². The fraction of sp³-hybridized carbons (Fsp3) is 0. The SMILES string of the molecule is O=c1oc2ccccc2s1. The van der Waals surface area contributed by atoms with Crippen LogP contribution in [0, 0.1) is 0 Å². The molecule has 1 aromatic carbocycles. The minimum Gasteiger partial charge on any atom is -0.414 e. The number of benzene rings is 1. The summed E-state index contributed by atoms with van der Waals surface area (Å²) >= 11 is 1.13. The van der Waals surface area contributed by atoms with Crippen LogP contribution in [0.1, 0.15) is 0 Å². The number of rotatable bonds is 0. The van der Waals surface area contributed by atoms with Crippen molar-refractivity contribution in [2.24, 2.45) is 0 Å². The van der Waals surface area contributed by atoms with Crippen LogP contribution in [0.3, 0.4) is 0 Å². The molecule has 1 heterocycles. The van der Waals surface area contributed by atoms with Crippen LogP contribution in [0.25, 0.3) is 10.3 Å². The van der Waals surface area contributed by atoms with Gasteiger partial charge in [0, 0.05) is 0 Å². The number of fused-ring (bicyclic) bond motifs is 1. The first kappa shape index (κ1) is 5.68. The molecule has 0 aliphatic carbocycles. The van der Waals surface area contributed by atoms with Crippen LogP contribution in [0.4, 0.5) is 0 Å². The fourth-order valence-electron chi connectivity index (χ4n) is 0.819. The lowest BCUT2D eigenvalue weighted by Crippen LogP contribution is -1.79. The molecule has 2 nitrogen and oxygen atoms in total. The first-order chi connectivity index (χ1) is 4.86. The van der Waals surface area contributed by atoms with Gasteiger partial charge in [0.1, 0.15) is 5.58 Å². The standard InChI is InChI=1S/C7H4O2S/c8-7-9-5-3-1-2-4-6(5)10-7/h1-4H. The Hall–Kier alpha value is -1.09. The fourth-order valence-corrected chi connectivity index (χ4v) is 1.49. The molecule has 0 spiro atoms. The van der Waals surface area contributed by atoms with Gasteiger partial charge >= 0.3 is 4.94 Å². The molecule has 2 rings (SSSR count). The minimum absolute atomic E-state index is 0.235. The van der Waals surface area contributed by atoms with Gasteiger partial charge in [-0.05, 0) is 12.1 Å². The predicted octanol–water partition coefficient (Wildman–Crippen LogP) is 1.85. The maximum Gasteiger partial charge on any atom is 0.396 e. The van der Waals surface area contributed by atoms with E-state index in [9.17, 15) is 4.79 Å². The van der Waals surface area contributed by atoms with Crippen molar-refractivity contribution >= 4 is 21.6 Å². The van der Waals surface area contributed by atoms with Gasteiger partial charge in [-0.25, -0.2) is 4.79 Å². The van der Waals surface area contributed by atoms with Gasteiger partial charge in [0.15, 0.2) is 0 Å². The molecule has 10 heavy (non-hydrogen) atoms. The van der Waals surface area contributed by atoms with Crippen molar-refractivity contribution in [2.45, 2.75) is 0 Å². The quantitative estimate of drug-likeness (QED) is 0.576. The molecule has 0 aliphatic rings. The summed E-state index contributed by atoms with van der Waals surface area (Å²) in [5.74, 6) is 0. The molecule has 1 aromatic heterocycles. The Morgan fingerprint density at radius 2 is 2.10 bits per heavy atom. The van der Waals surface area contributed by atoms with Crippen molar-refractivity contribution < 1.29 is 4.42 Å². The first-order valence-corrected chi connectivity index (χ1v) is 3.66. The summed E-state index contributed by atoms with van der Waals surface area (Å²) < 4.78 is 5.74. The van der Waals surface area contributed by atoms with Gasteiger partial charge < -0.3 is 4.42 Å². The van der Waals surface area contributed by atoms with E-state index < -0.39 is 0 Å². The molecule has 3 heteroatoms. The zero-order valence-corrected chi connectivity index (χ0v) is 5.85. The minimum atomic E-state index is -0.235. The van der Waals surface area contributed by atoms with E-state index in [2.05, 4.69) is 0 Å². The lowest BCUT2D eigenvalue weighted by atomic mass is 10.4. The van der Waals surface area contributed by atoms with Crippen LogP contribution in [0.15, 0.2) is 33.5 Å². The largest absolute Gasteiger partial charge is 0.414 e. The zero-order chi connectivity index (χ0) is 6.97. The average Bonchev–Trinajstić information content (AvgIpc) is 2.27. The van der Waals surface area contributed by atoms with Crippen molar-refractivity contribution in [3.8, 4) is 0 Å². The molecule has 0 aliphatic heterocycles. The van der Waals surface area contributed by atoms with Gasteiger partial charge in [0.05, 0.1) is 4.70 Å². The van der Waals surface area contributed by atoms with Crippen molar-refractivity contribution in [3.63, 3.8) is 0 Å².